The average Bonchev–Trinajstić information content (AvgIpc) is 3.54. The van der Waals surface area contributed by atoms with Crippen molar-refractivity contribution in [1.29, 1.82) is 0 Å². The van der Waals surface area contributed by atoms with Crippen molar-refractivity contribution in [3.05, 3.63) is 60.2 Å². The molecule has 40 heavy (non-hydrogen) atoms. The molecule has 11 heteroatoms. The van der Waals surface area contributed by atoms with Gasteiger partial charge in [-0.05, 0) is 55.5 Å². The lowest BCUT2D eigenvalue weighted by Crippen LogP contribution is -2.51. The van der Waals surface area contributed by atoms with Crippen molar-refractivity contribution in [3.8, 4) is 0 Å². The zero-order valence-electron chi connectivity index (χ0n) is 23.4. The molecule has 0 bridgehead atoms. The monoisotopic (exact) mass is 575 g/mol. The Kier molecular flexibility index (Phi) is 10.4. The van der Waals surface area contributed by atoms with E-state index < -0.39 is 34.4 Å². The van der Waals surface area contributed by atoms with Crippen molar-refractivity contribution >= 4 is 21.8 Å². The number of anilines is 1. The molecule has 220 valence electrons. The highest BCUT2D eigenvalue weighted by atomic mass is 32.2. The van der Waals surface area contributed by atoms with E-state index in [-0.39, 0.29) is 42.7 Å². The Hall–Kier alpha value is -2.70. The first-order valence-electron chi connectivity index (χ1n) is 13.9. The van der Waals surface area contributed by atoms with Crippen molar-refractivity contribution in [2.75, 3.05) is 38.2 Å². The third kappa shape index (κ3) is 7.73. The number of fused-ring (bicyclic) bond motifs is 1. The summed E-state index contributed by atoms with van der Waals surface area (Å²) in [6.45, 7) is 7.35. The topological polar surface area (TPSA) is 126 Å². The summed E-state index contributed by atoms with van der Waals surface area (Å²) in [5, 5.41) is 17.4. The molecule has 0 aromatic heterocycles. The molecular formula is C29H41N3O7S. The molecule has 2 fully saturated rings. The smallest absolute Gasteiger partial charge is 0.407 e. The lowest BCUT2D eigenvalue weighted by Gasteiger charge is -2.31. The minimum absolute atomic E-state index is 0.0115. The molecule has 0 unspecified atom stereocenters. The molecular weight excluding hydrogens is 534 g/mol. The first kappa shape index (κ1) is 30.3. The van der Waals surface area contributed by atoms with Gasteiger partial charge < -0.3 is 30.0 Å². The van der Waals surface area contributed by atoms with E-state index in [1.54, 1.807) is 24.3 Å². The first-order chi connectivity index (χ1) is 19.2. The fraction of sp³-hybridized carbons (Fsp3) is 0.552. The number of aliphatic hydroxyl groups excluding tert-OH is 1. The van der Waals surface area contributed by atoms with Crippen LogP contribution < -0.4 is 10.6 Å². The Balaban J connectivity index is 1.50. The number of rotatable bonds is 13. The van der Waals surface area contributed by atoms with Gasteiger partial charge in [0, 0.05) is 25.3 Å². The Bertz CT molecular complexity index is 1190. The molecule has 2 aliphatic heterocycles. The molecule has 2 aromatic carbocycles. The minimum Gasteiger partial charge on any atom is -0.443 e. The third-order valence-electron chi connectivity index (χ3n) is 7.14. The van der Waals surface area contributed by atoms with E-state index in [9.17, 15) is 18.3 Å². The van der Waals surface area contributed by atoms with Crippen LogP contribution in [-0.4, -0.2) is 81.3 Å². The van der Waals surface area contributed by atoms with Gasteiger partial charge in [0.05, 0.1) is 36.2 Å². The number of sulfonamides is 1. The van der Waals surface area contributed by atoms with Crippen LogP contribution in [-0.2, 0) is 30.7 Å². The van der Waals surface area contributed by atoms with E-state index in [1.165, 1.54) is 4.31 Å². The number of ether oxygens (including phenoxy) is 3. The van der Waals surface area contributed by atoms with Crippen LogP contribution in [0.2, 0.25) is 0 Å². The molecule has 0 radical (unpaired) electrons. The van der Waals surface area contributed by atoms with Gasteiger partial charge >= 0.3 is 6.09 Å². The number of nitrogens with one attached hydrogen (secondary N) is 2. The number of amides is 1. The largest absolute Gasteiger partial charge is 0.443 e. The van der Waals surface area contributed by atoms with Gasteiger partial charge in [-0.15, -0.1) is 0 Å². The van der Waals surface area contributed by atoms with Crippen LogP contribution >= 0.6 is 0 Å². The highest BCUT2D eigenvalue weighted by Gasteiger charge is 2.44. The van der Waals surface area contributed by atoms with E-state index in [4.69, 9.17) is 14.2 Å². The predicted molar refractivity (Wildman–Crippen MR) is 151 cm³/mol. The summed E-state index contributed by atoms with van der Waals surface area (Å²) in [6.07, 6.45) is -1.64. The summed E-state index contributed by atoms with van der Waals surface area (Å²) in [5.41, 5.74) is 1.71. The van der Waals surface area contributed by atoms with Crippen LogP contribution in [0.4, 0.5) is 10.5 Å². The number of carbonyl (C=O) groups is 1. The summed E-state index contributed by atoms with van der Waals surface area (Å²) in [4.78, 5) is 13.1. The van der Waals surface area contributed by atoms with Gasteiger partial charge in [0.25, 0.3) is 0 Å². The molecule has 2 saturated heterocycles. The van der Waals surface area contributed by atoms with Crippen molar-refractivity contribution in [3.63, 3.8) is 0 Å². The Morgan fingerprint density at radius 1 is 1.10 bits per heavy atom. The lowest BCUT2D eigenvalue weighted by molar-refractivity contribution is -0.0907. The second-order valence-corrected chi connectivity index (χ2v) is 12.7. The highest BCUT2D eigenvalue weighted by Crippen LogP contribution is 2.33. The van der Waals surface area contributed by atoms with Gasteiger partial charge in [-0.25, -0.2) is 13.2 Å². The number of nitrogens with zero attached hydrogens (tertiary/aromatic N) is 1. The zero-order chi connectivity index (χ0) is 28.7. The van der Waals surface area contributed by atoms with Gasteiger partial charge in [-0.1, -0.05) is 44.2 Å². The van der Waals surface area contributed by atoms with Gasteiger partial charge in [0.15, 0.2) is 6.29 Å². The second-order valence-electron chi connectivity index (χ2n) is 10.7. The quantitative estimate of drug-likeness (QED) is 0.332. The summed E-state index contributed by atoms with van der Waals surface area (Å²) >= 11 is 0. The first-order valence-corrected chi connectivity index (χ1v) is 15.4. The highest BCUT2D eigenvalue weighted by molar-refractivity contribution is 7.89. The Morgan fingerprint density at radius 2 is 1.82 bits per heavy atom. The number of hydrogen-bond acceptors (Lipinski definition) is 8. The molecule has 0 saturated carbocycles. The molecule has 2 aromatic rings. The SMILES string of the molecule is CCNc1ccc(S(=O)(=O)N(CC(C)C)C[C@@H](O)[C@H](Cc2ccccc2)NC(=O)O[C@H]2CO[C@H]3OCC[C@H]32)cc1. The maximum Gasteiger partial charge on any atom is 0.407 e. The number of aliphatic hydroxyl groups is 1. The number of benzene rings is 2. The fourth-order valence-corrected chi connectivity index (χ4v) is 6.76. The second kappa shape index (κ2) is 13.8. The van der Waals surface area contributed by atoms with Crippen LogP contribution in [0.3, 0.4) is 0 Å². The predicted octanol–water partition coefficient (Wildman–Crippen LogP) is 3.22. The van der Waals surface area contributed by atoms with Crippen molar-refractivity contribution < 1.29 is 32.5 Å². The number of alkyl carbamates (subject to hydrolysis) is 1. The van der Waals surface area contributed by atoms with Gasteiger partial charge in [-0.2, -0.15) is 4.31 Å². The number of hydrogen-bond donors (Lipinski definition) is 3. The van der Waals surface area contributed by atoms with E-state index in [0.29, 0.717) is 13.0 Å². The van der Waals surface area contributed by atoms with Crippen molar-refractivity contribution in [2.24, 2.45) is 11.8 Å². The Morgan fingerprint density at radius 3 is 2.50 bits per heavy atom. The van der Waals surface area contributed by atoms with Gasteiger partial charge in [0.2, 0.25) is 10.0 Å². The zero-order valence-corrected chi connectivity index (χ0v) is 24.2. The molecule has 2 heterocycles. The average molecular weight is 576 g/mol. The Labute approximate surface area is 237 Å². The van der Waals surface area contributed by atoms with Crippen LogP contribution in [0, 0.1) is 11.8 Å². The summed E-state index contributed by atoms with van der Waals surface area (Å²) < 4.78 is 45.4. The summed E-state index contributed by atoms with van der Waals surface area (Å²) in [7, 11) is -3.92. The minimum atomic E-state index is -3.92. The fourth-order valence-electron chi connectivity index (χ4n) is 5.13. The summed E-state index contributed by atoms with van der Waals surface area (Å²) in [5.74, 6) is -0.00807. The maximum atomic E-state index is 13.7. The lowest BCUT2D eigenvalue weighted by atomic mass is 10.0. The molecule has 5 atom stereocenters. The number of carbonyl (C=O) groups excluding carboxylic acids is 1. The van der Waals surface area contributed by atoms with Crippen LogP contribution in [0.25, 0.3) is 0 Å². The van der Waals surface area contributed by atoms with E-state index >= 15 is 0 Å². The molecule has 1 amide bonds. The van der Waals surface area contributed by atoms with Crippen molar-refractivity contribution in [1.82, 2.24) is 9.62 Å². The maximum absolute atomic E-state index is 13.7. The molecule has 3 N–H and O–H groups in total. The van der Waals surface area contributed by atoms with E-state index in [2.05, 4.69) is 10.6 Å². The van der Waals surface area contributed by atoms with E-state index in [1.807, 2.05) is 51.1 Å². The molecule has 0 spiro atoms. The van der Waals surface area contributed by atoms with Crippen LogP contribution in [0.15, 0.2) is 59.5 Å². The van der Waals surface area contributed by atoms with Gasteiger partial charge in [0.1, 0.15) is 6.10 Å². The normalized spacial score (nSPS) is 22.2. The van der Waals surface area contributed by atoms with Gasteiger partial charge in [-0.3, -0.25) is 0 Å². The summed E-state index contributed by atoms with van der Waals surface area (Å²) in [6, 6.07) is 15.2. The van der Waals surface area contributed by atoms with Crippen molar-refractivity contribution in [2.45, 2.75) is 63.0 Å². The molecule has 2 aliphatic rings. The standard InChI is InChI=1S/C29H41N3O7S/c1-4-30-22-10-12-23(13-11-22)40(35,36)32(17-20(2)3)18-26(33)25(16-21-8-6-5-7-9-21)31-29(34)39-27-19-38-28-24(27)14-15-37-28/h5-13,20,24-28,30,33H,4,14-19H2,1-3H3,(H,31,34)/t24-,25-,26+,27-,28+/m0/s1. The van der Waals surface area contributed by atoms with E-state index in [0.717, 1.165) is 24.2 Å². The molecule has 0 aliphatic carbocycles. The molecule has 10 nitrogen and oxygen atoms in total. The third-order valence-corrected chi connectivity index (χ3v) is 8.99. The van der Waals surface area contributed by atoms with Crippen LogP contribution in [0.5, 0.6) is 0 Å². The molecule has 4 rings (SSSR count). The van der Waals surface area contributed by atoms with Crippen LogP contribution in [0.1, 0.15) is 32.8 Å².